The van der Waals surface area contributed by atoms with Crippen molar-refractivity contribution < 1.29 is 5.32 Å². The number of rotatable bonds is 3. The predicted octanol–water partition coefficient (Wildman–Crippen LogP) is 1.13. The number of hydrogen-bond acceptors (Lipinski definition) is 1. The van der Waals surface area contributed by atoms with Crippen molar-refractivity contribution in [3.05, 3.63) is 29.8 Å². The number of hydrogen-bond donors (Lipinski definition) is 2. The van der Waals surface area contributed by atoms with E-state index in [2.05, 4.69) is 41.8 Å². The van der Waals surface area contributed by atoms with Crippen LogP contribution < -0.4 is 10.6 Å². The Bertz CT molecular complexity index is 290. The zero-order valence-corrected chi connectivity index (χ0v) is 8.79. The molecule has 0 unspecified atom stereocenters. The van der Waals surface area contributed by atoms with Crippen LogP contribution in [-0.2, 0) is 0 Å². The summed E-state index contributed by atoms with van der Waals surface area (Å²) >= 11 is 0. The molecule has 14 heavy (non-hydrogen) atoms. The lowest BCUT2D eigenvalue weighted by Crippen LogP contribution is -2.87. The van der Waals surface area contributed by atoms with E-state index in [1.807, 2.05) is 0 Å². The van der Waals surface area contributed by atoms with Gasteiger partial charge in [0.05, 0.1) is 13.1 Å². The normalized spacial score (nSPS) is 21.1. The third kappa shape index (κ3) is 2.48. The highest BCUT2D eigenvalue weighted by Gasteiger charge is 2.17. The molecule has 3 N–H and O–H groups in total. The van der Waals surface area contributed by atoms with Crippen molar-refractivity contribution in [3.63, 3.8) is 0 Å². The highest BCUT2D eigenvalue weighted by Crippen LogP contribution is 2.09. The zero-order valence-electron chi connectivity index (χ0n) is 8.79. The molecule has 1 saturated heterocycles. The molecule has 2 rings (SSSR count). The lowest BCUT2D eigenvalue weighted by atomic mass is 10.2. The standard InChI is InChI=1S/C12H18N2/c1-10-4-2-5-11(8-10)14-9-12-6-3-7-13-12/h2,4-5,8,12-14H,3,6-7,9H2,1H3/p+1/t12-/m1/s1. The number of nitrogens with two attached hydrogens (primary N) is 1. The molecule has 2 heteroatoms. The quantitative estimate of drug-likeness (QED) is 0.737. The molecule has 0 saturated carbocycles. The van der Waals surface area contributed by atoms with Crippen LogP contribution in [0.5, 0.6) is 0 Å². The van der Waals surface area contributed by atoms with Crippen molar-refractivity contribution in [1.82, 2.24) is 0 Å². The van der Waals surface area contributed by atoms with Crippen LogP contribution >= 0.6 is 0 Å². The lowest BCUT2D eigenvalue weighted by molar-refractivity contribution is -0.666. The SMILES string of the molecule is Cc1cccc(NC[C@H]2CCC[NH2+]2)c1. The summed E-state index contributed by atoms with van der Waals surface area (Å²) in [6.07, 6.45) is 2.74. The average molecular weight is 191 g/mol. The van der Waals surface area contributed by atoms with E-state index in [1.165, 1.54) is 30.6 Å². The molecule has 0 aliphatic carbocycles. The van der Waals surface area contributed by atoms with Crippen molar-refractivity contribution >= 4 is 5.69 Å². The Morgan fingerprint density at radius 1 is 1.50 bits per heavy atom. The second-order valence-electron chi connectivity index (χ2n) is 4.18. The molecular weight excluding hydrogens is 172 g/mol. The van der Waals surface area contributed by atoms with Crippen molar-refractivity contribution in [2.24, 2.45) is 0 Å². The van der Waals surface area contributed by atoms with Crippen molar-refractivity contribution in [2.45, 2.75) is 25.8 Å². The lowest BCUT2D eigenvalue weighted by Gasteiger charge is -2.10. The Morgan fingerprint density at radius 3 is 3.14 bits per heavy atom. The third-order valence-electron chi connectivity index (χ3n) is 2.87. The van der Waals surface area contributed by atoms with Crippen molar-refractivity contribution in [1.29, 1.82) is 0 Å². The first-order chi connectivity index (χ1) is 6.84. The summed E-state index contributed by atoms with van der Waals surface area (Å²) in [7, 11) is 0. The second kappa shape index (κ2) is 4.47. The topological polar surface area (TPSA) is 28.6 Å². The van der Waals surface area contributed by atoms with E-state index in [0.29, 0.717) is 0 Å². The molecule has 1 aliphatic heterocycles. The van der Waals surface area contributed by atoms with Crippen LogP contribution in [0.15, 0.2) is 24.3 Å². The molecule has 0 aromatic heterocycles. The van der Waals surface area contributed by atoms with Crippen LogP contribution in [0.1, 0.15) is 18.4 Å². The van der Waals surface area contributed by atoms with Gasteiger partial charge in [-0.25, -0.2) is 0 Å². The monoisotopic (exact) mass is 191 g/mol. The summed E-state index contributed by atoms with van der Waals surface area (Å²) in [5.41, 5.74) is 2.58. The third-order valence-corrected chi connectivity index (χ3v) is 2.87. The van der Waals surface area contributed by atoms with Crippen molar-refractivity contribution in [2.75, 3.05) is 18.4 Å². The zero-order chi connectivity index (χ0) is 9.80. The minimum Gasteiger partial charge on any atom is -0.379 e. The predicted molar refractivity (Wildman–Crippen MR) is 59.5 cm³/mol. The average Bonchev–Trinajstić information content (AvgIpc) is 2.67. The molecular formula is C12H19N2+. The number of anilines is 1. The highest BCUT2D eigenvalue weighted by molar-refractivity contribution is 5.45. The summed E-state index contributed by atoms with van der Waals surface area (Å²) in [6, 6.07) is 9.37. The van der Waals surface area contributed by atoms with Gasteiger partial charge < -0.3 is 10.6 Å². The molecule has 1 aromatic carbocycles. The Hall–Kier alpha value is -1.02. The summed E-state index contributed by atoms with van der Waals surface area (Å²) in [6.45, 7) is 4.54. The summed E-state index contributed by atoms with van der Waals surface area (Å²) < 4.78 is 0. The van der Waals surface area contributed by atoms with Crippen molar-refractivity contribution in [3.8, 4) is 0 Å². The molecule has 0 radical (unpaired) electrons. The maximum absolute atomic E-state index is 3.50. The second-order valence-corrected chi connectivity index (χ2v) is 4.18. The van der Waals surface area contributed by atoms with Gasteiger partial charge in [0, 0.05) is 18.5 Å². The van der Waals surface area contributed by atoms with Gasteiger partial charge in [0.1, 0.15) is 6.04 Å². The van der Waals surface area contributed by atoms with Crippen LogP contribution in [-0.4, -0.2) is 19.1 Å². The van der Waals surface area contributed by atoms with E-state index in [4.69, 9.17) is 0 Å². The maximum atomic E-state index is 3.50. The van der Waals surface area contributed by atoms with Gasteiger partial charge in [0.15, 0.2) is 0 Å². The Balaban J connectivity index is 1.85. The Morgan fingerprint density at radius 2 is 2.43 bits per heavy atom. The first kappa shape index (κ1) is 9.53. The Kier molecular flexibility index (Phi) is 3.04. The molecule has 1 atom stereocenters. The minimum absolute atomic E-state index is 0.788. The summed E-state index contributed by atoms with van der Waals surface area (Å²) in [5.74, 6) is 0. The van der Waals surface area contributed by atoms with Gasteiger partial charge >= 0.3 is 0 Å². The molecule has 1 heterocycles. The number of nitrogens with one attached hydrogen (secondary N) is 1. The van der Waals surface area contributed by atoms with E-state index >= 15 is 0 Å². The molecule has 0 spiro atoms. The largest absolute Gasteiger partial charge is 0.379 e. The van der Waals surface area contributed by atoms with Crippen LogP contribution in [0.25, 0.3) is 0 Å². The van der Waals surface area contributed by atoms with Gasteiger partial charge in [0.2, 0.25) is 0 Å². The molecule has 1 fully saturated rings. The fourth-order valence-electron chi connectivity index (χ4n) is 2.04. The Labute approximate surface area is 85.7 Å². The van der Waals surface area contributed by atoms with E-state index in [1.54, 1.807) is 0 Å². The first-order valence-corrected chi connectivity index (χ1v) is 5.48. The number of aryl methyl sites for hydroxylation is 1. The minimum atomic E-state index is 0.788. The fourth-order valence-corrected chi connectivity index (χ4v) is 2.04. The van der Waals surface area contributed by atoms with Crippen LogP contribution in [0.3, 0.4) is 0 Å². The van der Waals surface area contributed by atoms with E-state index in [9.17, 15) is 0 Å². The molecule has 1 aromatic rings. The molecule has 0 bridgehead atoms. The van der Waals surface area contributed by atoms with Gasteiger partial charge in [-0.05, 0) is 24.6 Å². The molecule has 1 aliphatic rings. The number of quaternary nitrogens is 1. The van der Waals surface area contributed by atoms with Gasteiger partial charge in [-0.1, -0.05) is 12.1 Å². The fraction of sp³-hybridized carbons (Fsp3) is 0.500. The van der Waals surface area contributed by atoms with E-state index in [0.717, 1.165) is 12.6 Å². The highest BCUT2D eigenvalue weighted by atomic mass is 15.0. The van der Waals surface area contributed by atoms with Crippen LogP contribution in [0.4, 0.5) is 5.69 Å². The smallest absolute Gasteiger partial charge is 0.104 e. The van der Waals surface area contributed by atoms with Gasteiger partial charge in [-0.15, -0.1) is 0 Å². The van der Waals surface area contributed by atoms with Gasteiger partial charge in [-0.2, -0.15) is 0 Å². The summed E-state index contributed by atoms with van der Waals surface area (Å²) in [4.78, 5) is 0. The van der Waals surface area contributed by atoms with E-state index < -0.39 is 0 Å². The van der Waals surface area contributed by atoms with Gasteiger partial charge in [0.25, 0.3) is 0 Å². The van der Waals surface area contributed by atoms with E-state index in [-0.39, 0.29) is 0 Å². The first-order valence-electron chi connectivity index (χ1n) is 5.48. The van der Waals surface area contributed by atoms with Gasteiger partial charge in [-0.3, -0.25) is 0 Å². The van der Waals surface area contributed by atoms with Crippen LogP contribution in [0, 0.1) is 6.92 Å². The number of benzene rings is 1. The molecule has 2 nitrogen and oxygen atoms in total. The maximum Gasteiger partial charge on any atom is 0.104 e. The summed E-state index contributed by atoms with van der Waals surface area (Å²) in [5, 5.41) is 5.94. The van der Waals surface area contributed by atoms with Crippen LogP contribution in [0.2, 0.25) is 0 Å². The molecule has 0 amide bonds. The molecule has 76 valence electrons.